The van der Waals surface area contributed by atoms with E-state index in [-0.39, 0.29) is 17.7 Å². The van der Waals surface area contributed by atoms with Crippen LogP contribution in [-0.4, -0.2) is 37.2 Å². The smallest absolute Gasteiger partial charge is 0.267 e. The molecule has 148 valence electrons. The molecule has 0 saturated carbocycles. The summed E-state index contributed by atoms with van der Waals surface area (Å²) < 4.78 is 44.7. The van der Waals surface area contributed by atoms with Gasteiger partial charge in [0.05, 0.1) is 11.5 Å². The van der Waals surface area contributed by atoms with Gasteiger partial charge in [0.15, 0.2) is 0 Å². The first-order chi connectivity index (χ1) is 13.3. The molecule has 1 N–H and O–H groups in total. The van der Waals surface area contributed by atoms with E-state index in [0.717, 1.165) is 24.3 Å². The number of ether oxygens (including phenoxy) is 1. The van der Waals surface area contributed by atoms with Gasteiger partial charge in [0.1, 0.15) is 17.6 Å². The van der Waals surface area contributed by atoms with Gasteiger partial charge in [0.2, 0.25) is 11.8 Å². The number of hydrogen-bond donors (Lipinski definition) is 1. The van der Waals surface area contributed by atoms with Gasteiger partial charge in [-0.05, 0) is 61.9 Å². The minimum absolute atomic E-state index is 0.0677. The lowest BCUT2D eigenvalue weighted by Crippen LogP contribution is -2.45. The van der Waals surface area contributed by atoms with Gasteiger partial charge in [0.25, 0.3) is 10.0 Å². The minimum Gasteiger partial charge on any atom is -0.494 e. The molecule has 28 heavy (non-hydrogen) atoms. The average molecular weight is 406 g/mol. The molecule has 7 nitrogen and oxygen atoms in total. The molecule has 0 spiro atoms. The Morgan fingerprint density at radius 3 is 2.43 bits per heavy atom. The lowest BCUT2D eigenvalue weighted by Gasteiger charge is -2.23. The van der Waals surface area contributed by atoms with Crippen LogP contribution < -0.4 is 10.1 Å². The second-order valence-electron chi connectivity index (χ2n) is 6.15. The molecule has 1 fully saturated rings. The summed E-state index contributed by atoms with van der Waals surface area (Å²) in [4.78, 5) is 24.6. The van der Waals surface area contributed by atoms with Crippen molar-refractivity contribution in [3.05, 3.63) is 54.3 Å². The number of rotatable bonds is 6. The highest BCUT2D eigenvalue weighted by atomic mass is 32.2. The number of amides is 2. The monoisotopic (exact) mass is 406 g/mol. The second kappa shape index (κ2) is 7.97. The number of nitrogens with zero attached hydrogens (tertiary/aromatic N) is 1. The maximum Gasteiger partial charge on any atom is 0.267 e. The van der Waals surface area contributed by atoms with Gasteiger partial charge in [-0.1, -0.05) is 0 Å². The number of benzene rings is 2. The van der Waals surface area contributed by atoms with Gasteiger partial charge in [-0.15, -0.1) is 0 Å². The number of anilines is 1. The Kier molecular flexibility index (Phi) is 5.64. The first kappa shape index (κ1) is 19.8. The summed E-state index contributed by atoms with van der Waals surface area (Å²) in [5, 5.41) is 2.62. The molecule has 2 aromatic carbocycles. The number of hydrogen-bond acceptors (Lipinski definition) is 5. The maximum absolute atomic E-state index is 13.1. The molecule has 3 rings (SSSR count). The maximum atomic E-state index is 13.1. The lowest BCUT2D eigenvalue weighted by molar-refractivity contribution is -0.128. The third-order valence-electron chi connectivity index (χ3n) is 4.27. The summed E-state index contributed by atoms with van der Waals surface area (Å²) in [6.07, 6.45) is 0.00388. The first-order valence-corrected chi connectivity index (χ1v) is 10.1. The molecule has 0 unspecified atom stereocenters. The van der Waals surface area contributed by atoms with Crippen LogP contribution in [0, 0.1) is 5.82 Å². The predicted molar refractivity (Wildman–Crippen MR) is 99.7 cm³/mol. The number of carbonyl (C=O) groups excluding carboxylic acids is 2. The normalized spacial score (nSPS) is 16.9. The Balaban J connectivity index is 1.81. The van der Waals surface area contributed by atoms with Crippen molar-refractivity contribution in [3.8, 4) is 5.75 Å². The van der Waals surface area contributed by atoms with E-state index in [4.69, 9.17) is 4.74 Å². The molecule has 9 heteroatoms. The number of halogens is 1. The van der Waals surface area contributed by atoms with E-state index in [9.17, 15) is 22.4 Å². The summed E-state index contributed by atoms with van der Waals surface area (Å²) in [7, 11) is -4.27. The van der Waals surface area contributed by atoms with Crippen LogP contribution in [0.1, 0.15) is 19.8 Å². The van der Waals surface area contributed by atoms with Crippen molar-refractivity contribution in [1.82, 2.24) is 4.31 Å². The molecule has 1 heterocycles. The minimum atomic E-state index is -4.27. The molecule has 1 atom stereocenters. The predicted octanol–water partition coefficient (Wildman–Crippen LogP) is 2.54. The molecule has 0 bridgehead atoms. The zero-order chi connectivity index (χ0) is 20.3. The molecular formula is C19H19FN2O5S. The van der Waals surface area contributed by atoms with Gasteiger partial charge in [-0.3, -0.25) is 9.59 Å². The van der Waals surface area contributed by atoms with E-state index in [1.807, 2.05) is 6.92 Å². The van der Waals surface area contributed by atoms with Crippen molar-refractivity contribution < 1.29 is 27.1 Å². The Labute approximate surface area is 162 Å². The average Bonchev–Trinajstić information content (AvgIpc) is 3.06. The summed E-state index contributed by atoms with van der Waals surface area (Å²) in [5.41, 5.74) is 0.451. The topological polar surface area (TPSA) is 92.8 Å². The van der Waals surface area contributed by atoms with Crippen LogP contribution >= 0.6 is 0 Å². The van der Waals surface area contributed by atoms with E-state index in [0.29, 0.717) is 22.3 Å². The fourth-order valence-electron chi connectivity index (χ4n) is 2.95. The highest BCUT2D eigenvalue weighted by Gasteiger charge is 2.44. The Morgan fingerprint density at radius 2 is 1.82 bits per heavy atom. The van der Waals surface area contributed by atoms with E-state index in [1.165, 1.54) is 0 Å². The number of sulfonamides is 1. The number of nitrogens with one attached hydrogen (secondary N) is 1. The molecule has 1 aliphatic rings. The van der Waals surface area contributed by atoms with Gasteiger partial charge in [-0.2, -0.15) is 0 Å². The molecule has 0 aromatic heterocycles. The van der Waals surface area contributed by atoms with Crippen LogP contribution in [-0.2, 0) is 19.6 Å². The summed E-state index contributed by atoms with van der Waals surface area (Å²) in [6.45, 7) is 2.36. The van der Waals surface area contributed by atoms with Gasteiger partial charge in [0, 0.05) is 12.1 Å². The van der Waals surface area contributed by atoms with E-state index in [2.05, 4.69) is 5.32 Å². The molecule has 0 radical (unpaired) electrons. The largest absolute Gasteiger partial charge is 0.494 e. The van der Waals surface area contributed by atoms with Crippen LogP contribution in [0.15, 0.2) is 53.4 Å². The van der Waals surface area contributed by atoms with Crippen LogP contribution in [0.5, 0.6) is 5.75 Å². The van der Waals surface area contributed by atoms with E-state index in [1.54, 1.807) is 24.3 Å². The highest BCUT2D eigenvalue weighted by Crippen LogP contribution is 2.28. The van der Waals surface area contributed by atoms with Gasteiger partial charge >= 0.3 is 0 Å². The fourth-order valence-corrected chi connectivity index (χ4v) is 4.55. The van der Waals surface area contributed by atoms with Crippen LogP contribution in [0.3, 0.4) is 0 Å². The molecule has 1 saturated heterocycles. The summed E-state index contributed by atoms with van der Waals surface area (Å²) in [5.74, 6) is -1.24. The van der Waals surface area contributed by atoms with Crippen molar-refractivity contribution >= 4 is 27.5 Å². The van der Waals surface area contributed by atoms with Gasteiger partial charge < -0.3 is 10.1 Å². The van der Waals surface area contributed by atoms with Crippen molar-refractivity contribution in [2.24, 2.45) is 0 Å². The van der Waals surface area contributed by atoms with Crippen molar-refractivity contribution in [1.29, 1.82) is 0 Å². The standard InChI is InChI=1S/C19H19FN2O5S/c1-2-27-15-7-5-14(6-8-15)21-19(24)17-11-12-18(23)22(17)28(25,26)16-9-3-13(20)4-10-16/h3-10,17H,2,11-12H2,1H3,(H,21,24)/t17-/m0/s1. The Bertz CT molecular complexity index is 974. The fraction of sp³-hybridized carbons (Fsp3) is 0.263. The zero-order valence-electron chi connectivity index (χ0n) is 15.1. The second-order valence-corrected chi connectivity index (χ2v) is 7.96. The van der Waals surface area contributed by atoms with Gasteiger partial charge in [-0.25, -0.2) is 17.1 Å². The van der Waals surface area contributed by atoms with Crippen LogP contribution in [0.4, 0.5) is 10.1 Å². The lowest BCUT2D eigenvalue weighted by atomic mass is 10.2. The van der Waals surface area contributed by atoms with Crippen LogP contribution in [0.25, 0.3) is 0 Å². The van der Waals surface area contributed by atoms with Crippen molar-refractivity contribution in [3.63, 3.8) is 0 Å². The summed E-state index contributed by atoms with van der Waals surface area (Å²) in [6, 6.07) is 9.53. The van der Waals surface area contributed by atoms with E-state index >= 15 is 0 Å². The molecular weight excluding hydrogens is 387 g/mol. The van der Waals surface area contributed by atoms with E-state index < -0.39 is 33.7 Å². The van der Waals surface area contributed by atoms with Crippen molar-refractivity contribution in [2.45, 2.75) is 30.7 Å². The third-order valence-corrected chi connectivity index (χ3v) is 6.11. The first-order valence-electron chi connectivity index (χ1n) is 8.69. The van der Waals surface area contributed by atoms with Crippen LogP contribution in [0.2, 0.25) is 0 Å². The SMILES string of the molecule is CCOc1ccc(NC(=O)[C@@H]2CCC(=O)N2S(=O)(=O)c2ccc(F)cc2)cc1. The summed E-state index contributed by atoms with van der Waals surface area (Å²) >= 11 is 0. The van der Waals surface area contributed by atoms with Crippen molar-refractivity contribution in [2.75, 3.05) is 11.9 Å². The Hall–Kier alpha value is -2.94. The third kappa shape index (κ3) is 3.99. The number of carbonyl (C=O) groups is 2. The molecule has 2 aromatic rings. The molecule has 2 amide bonds. The Morgan fingerprint density at radius 1 is 1.18 bits per heavy atom. The zero-order valence-corrected chi connectivity index (χ0v) is 15.9. The molecule has 0 aliphatic carbocycles. The molecule has 1 aliphatic heterocycles. The highest BCUT2D eigenvalue weighted by molar-refractivity contribution is 7.89. The quantitative estimate of drug-likeness (QED) is 0.796.